The van der Waals surface area contributed by atoms with E-state index in [1.54, 1.807) is 0 Å². The standard InChI is InChI=1S/C27H46O2/c1-17(2)7-6-8-18(3)21-9-10-22-20-15-24-27(29-24)16-19(28)11-14-26(27,5)23(20)12-13-25(21,22)4/h17-24,28H,6-16H2,1-5H3/t18-,19-,20+,21-,22+,23+,24-,25-,26+,27-/m0/s1. The van der Waals surface area contributed by atoms with Gasteiger partial charge in [-0.2, -0.15) is 0 Å². The molecule has 1 aliphatic heterocycles. The summed E-state index contributed by atoms with van der Waals surface area (Å²) >= 11 is 0. The highest BCUT2D eigenvalue weighted by Crippen LogP contribution is 2.74. The molecule has 0 aromatic rings. The molecule has 1 spiro atoms. The maximum atomic E-state index is 10.4. The molecule has 0 aromatic heterocycles. The van der Waals surface area contributed by atoms with Gasteiger partial charge in [-0.25, -0.2) is 0 Å². The molecule has 4 saturated carbocycles. The molecule has 0 unspecified atom stereocenters. The number of hydrogen-bond donors (Lipinski definition) is 1. The fourth-order valence-corrected chi connectivity index (χ4v) is 9.68. The van der Waals surface area contributed by atoms with Crippen LogP contribution in [0.2, 0.25) is 0 Å². The Labute approximate surface area is 179 Å². The summed E-state index contributed by atoms with van der Waals surface area (Å²) in [4.78, 5) is 0. The minimum absolute atomic E-state index is 0.0434. The molecule has 4 aliphatic carbocycles. The van der Waals surface area contributed by atoms with Crippen molar-refractivity contribution in [3.63, 3.8) is 0 Å². The third kappa shape index (κ3) is 2.94. The second-order valence-corrected chi connectivity index (χ2v) is 13.0. The van der Waals surface area contributed by atoms with Crippen LogP contribution in [0.1, 0.15) is 105 Å². The Hall–Kier alpha value is -0.0800. The highest BCUT2D eigenvalue weighted by Gasteiger charge is 2.76. The maximum Gasteiger partial charge on any atom is 0.103 e. The van der Waals surface area contributed by atoms with Crippen LogP contribution in [0.5, 0.6) is 0 Å². The van der Waals surface area contributed by atoms with Gasteiger partial charge < -0.3 is 9.84 Å². The molecular weight excluding hydrogens is 356 g/mol. The predicted octanol–water partition coefficient (Wildman–Crippen LogP) is 6.60. The lowest BCUT2D eigenvalue weighted by Gasteiger charge is -2.59. The molecule has 2 heteroatoms. The first-order valence-corrected chi connectivity index (χ1v) is 13.1. The van der Waals surface area contributed by atoms with Crippen molar-refractivity contribution in [1.82, 2.24) is 0 Å². The van der Waals surface area contributed by atoms with Crippen molar-refractivity contribution < 1.29 is 9.84 Å². The van der Waals surface area contributed by atoms with Gasteiger partial charge in [-0.3, -0.25) is 0 Å². The Morgan fingerprint density at radius 2 is 1.76 bits per heavy atom. The number of fused-ring (bicyclic) bond motifs is 4. The average Bonchev–Trinajstić information content (AvgIpc) is 3.22. The summed E-state index contributed by atoms with van der Waals surface area (Å²) in [6, 6.07) is 0. The second-order valence-electron chi connectivity index (χ2n) is 13.0. The Kier molecular flexibility index (Phi) is 4.99. The lowest BCUT2D eigenvalue weighted by molar-refractivity contribution is -0.116. The van der Waals surface area contributed by atoms with E-state index >= 15 is 0 Å². The molecule has 5 aliphatic rings. The Bertz CT molecular complexity index is 630. The Morgan fingerprint density at radius 1 is 0.966 bits per heavy atom. The van der Waals surface area contributed by atoms with Crippen molar-refractivity contribution in [2.24, 2.45) is 46.3 Å². The van der Waals surface area contributed by atoms with Crippen LogP contribution in [-0.4, -0.2) is 22.9 Å². The van der Waals surface area contributed by atoms with Gasteiger partial charge in [-0.15, -0.1) is 0 Å². The molecule has 1 N–H and O–H groups in total. The van der Waals surface area contributed by atoms with Crippen molar-refractivity contribution >= 4 is 0 Å². The van der Waals surface area contributed by atoms with Crippen LogP contribution < -0.4 is 0 Å². The lowest BCUT2D eigenvalue weighted by Crippen LogP contribution is -2.58. The van der Waals surface area contributed by atoms with E-state index in [4.69, 9.17) is 4.74 Å². The first-order valence-electron chi connectivity index (χ1n) is 13.1. The SMILES string of the molecule is CC(C)CCC[C@H](C)[C@@H]1CC[C@@H]2[C@H]3C[C@@H]4O[C@@]45C[C@@H](O)CC[C@]5(C)[C@@H]3CC[C@]21C. The van der Waals surface area contributed by atoms with E-state index < -0.39 is 0 Å². The van der Waals surface area contributed by atoms with Gasteiger partial charge in [0.1, 0.15) is 5.60 Å². The molecule has 1 heterocycles. The summed E-state index contributed by atoms with van der Waals surface area (Å²) < 4.78 is 6.51. The summed E-state index contributed by atoms with van der Waals surface area (Å²) in [5, 5.41) is 10.4. The van der Waals surface area contributed by atoms with Crippen molar-refractivity contribution in [3.8, 4) is 0 Å². The van der Waals surface area contributed by atoms with Crippen LogP contribution in [0.25, 0.3) is 0 Å². The topological polar surface area (TPSA) is 32.8 Å². The van der Waals surface area contributed by atoms with Gasteiger partial charge in [0, 0.05) is 11.8 Å². The van der Waals surface area contributed by atoms with Gasteiger partial charge in [-0.05, 0) is 85.9 Å². The minimum Gasteiger partial charge on any atom is -0.393 e. The molecule has 0 aromatic carbocycles. The van der Waals surface area contributed by atoms with E-state index in [9.17, 15) is 5.11 Å². The minimum atomic E-state index is -0.124. The quantitative estimate of drug-likeness (QED) is 0.525. The fourth-order valence-electron chi connectivity index (χ4n) is 9.68. The predicted molar refractivity (Wildman–Crippen MR) is 119 cm³/mol. The van der Waals surface area contributed by atoms with Crippen LogP contribution in [0.4, 0.5) is 0 Å². The molecule has 2 nitrogen and oxygen atoms in total. The number of rotatable bonds is 5. The van der Waals surface area contributed by atoms with Gasteiger partial charge in [0.15, 0.2) is 0 Å². The van der Waals surface area contributed by atoms with E-state index in [2.05, 4.69) is 34.6 Å². The summed E-state index contributed by atoms with van der Waals surface area (Å²) in [7, 11) is 0. The highest BCUT2D eigenvalue weighted by molar-refractivity contribution is 5.24. The first kappa shape index (κ1) is 20.8. The molecule has 29 heavy (non-hydrogen) atoms. The smallest absolute Gasteiger partial charge is 0.103 e. The number of epoxide rings is 1. The molecule has 0 bridgehead atoms. The number of ether oxygens (including phenoxy) is 1. The molecule has 5 fully saturated rings. The number of aliphatic hydroxyl groups excluding tert-OH is 1. The lowest BCUT2D eigenvalue weighted by atomic mass is 9.44. The van der Waals surface area contributed by atoms with E-state index in [1.165, 1.54) is 57.8 Å². The zero-order valence-electron chi connectivity index (χ0n) is 19.8. The number of aliphatic hydroxyl groups is 1. The van der Waals surface area contributed by atoms with Gasteiger partial charge >= 0.3 is 0 Å². The maximum absolute atomic E-state index is 10.4. The molecule has 166 valence electrons. The monoisotopic (exact) mass is 402 g/mol. The third-order valence-corrected chi connectivity index (χ3v) is 11.3. The summed E-state index contributed by atoms with van der Waals surface area (Å²) in [6.07, 6.45) is 14.8. The highest BCUT2D eigenvalue weighted by atomic mass is 16.6. The normalized spacial score (nSPS) is 54.3. The Balaban J connectivity index is 1.33. The zero-order chi connectivity index (χ0) is 20.6. The van der Waals surface area contributed by atoms with Gasteiger partial charge in [-0.1, -0.05) is 53.9 Å². The first-order chi connectivity index (χ1) is 13.7. The Morgan fingerprint density at radius 3 is 2.52 bits per heavy atom. The van der Waals surface area contributed by atoms with Gasteiger partial charge in [0.2, 0.25) is 0 Å². The van der Waals surface area contributed by atoms with Crippen LogP contribution in [0, 0.1) is 46.3 Å². The van der Waals surface area contributed by atoms with Crippen molar-refractivity contribution in [2.75, 3.05) is 0 Å². The number of hydrogen-bond acceptors (Lipinski definition) is 2. The molecule has 0 radical (unpaired) electrons. The van der Waals surface area contributed by atoms with E-state index in [1.807, 2.05) is 0 Å². The third-order valence-electron chi connectivity index (χ3n) is 11.3. The molecular formula is C27H46O2. The summed E-state index contributed by atoms with van der Waals surface area (Å²) in [5.41, 5.74) is 0.932. The summed E-state index contributed by atoms with van der Waals surface area (Å²) in [6.45, 7) is 12.6. The molecule has 0 amide bonds. The van der Waals surface area contributed by atoms with Crippen molar-refractivity contribution in [1.29, 1.82) is 0 Å². The van der Waals surface area contributed by atoms with Crippen LogP contribution in [0.3, 0.4) is 0 Å². The van der Waals surface area contributed by atoms with E-state index in [0.717, 1.165) is 48.3 Å². The van der Waals surface area contributed by atoms with Crippen LogP contribution in [-0.2, 0) is 4.74 Å². The van der Waals surface area contributed by atoms with Gasteiger partial charge in [0.05, 0.1) is 12.2 Å². The second kappa shape index (κ2) is 6.96. The average molecular weight is 403 g/mol. The van der Waals surface area contributed by atoms with Crippen LogP contribution >= 0.6 is 0 Å². The van der Waals surface area contributed by atoms with Crippen molar-refractivity contribution in [3.05, 3.63) is 0 Å². The van der Waals surface area contributed by atoms with Gasteiger partial charge in [0.25, 0.3) is 0 Å². The summed E-state index contributed by atoms with van der Waals surface area (Å²) in [5.74, 6) is 5.31. The van der Waals surface area contributed by atoms with E-state index in [0.29, 0.717) is 16.9 Å². The molecule has 10 atom stereocenters. The zero-order valence-corrected chi connectivity index (χ0v) is 19.8. The molecule has 5 rings (SSSR count). The largest absolute Gasteiger partial charge is 0.393 e. The van der Waals surface area contributed by atoms with E-state index in [-0.39, 0.29) is 11.7 Å². The molecule has 1 saturated heterocycles. The van der Waals surface area contributed by atoms with Crippen LogP contribution in [0.15, 0.2) is 0 Å². The fraction of sp³-hybridized carbons (Fsp3) is 1.00. The van der Waals surface area contributed by atoms with Crippen molar-refractivity contribution in [2.45, 2.75) is 123 Å².